The average Bonchev–Trinajstić information content (AvgIpc) is 2.68. The minimum Gasteiger partial charge on any atom is -0.481 e. The number of rotatable bonds is 20. The standard InChI is InChI=1S/C23H40O8/c1-3-5-7-8-9-10-11-12-14-16-22(20(27)28,18(24)15-13-6-4-2)23(31,21(29)30)17-19(25)26/h31H,3-17H2,1-2H3,(H,25,26)(H,27,28)(H,29,30). The lowest BCUT2D eigenvalue weighted by Crippen LogP contribution is -2.63. The lowest BCUT2D eigenvalue weighted by molar-refractivity contribution is -0.196. The molecule has 0 saturated carbocycles. The Labute approximate surface area is 185 Å². The third-order valence-electron chi connectivity index (χ3n) is 5.97. The Balaban J connectivity index is 5.46. The van der Waals surface area contributed by atoms with Gasteiger partial charge in [-0.3, -0.25) is 14.4 Å². The van der Waals surface area contributed by atoms with Crippen LogP contribution in [0.2, 0.25) is 0 Å². The number of carbonyl (C=O) groups excluding carboxylic acids is 1. The van der Waals surface area contributed by atoms with Crippen LogP contribution in [0.5, 0.6) is 0 Å². The third kappa shape index (κ3) is 8.59. The molecule has 4 N–H and O–H groups in total. The van der Waals surface area contributed by atoms with Crippen LogP contribution in [0, 0.1) is 5.41 Å². The van der Waals surface area contributed by atoms with Crippen LogP contribution in [0.3, 0.4) is 0 Å². The Morgan fingerprint density at radius 3 is 1.52 bits per heavy atom. The molecule has 0 radical (unpaired) electrons. The summed E-state index contributed by atoms with van der Waals surface area (Å²) in [7, 11) is 0. The summed E-state index contributed by atoms with van der Waals surface area (Å²) in [6.07, 6.45) is 8.04. The predicted molar refractivity (Wildman–Crippen MR) is 116 cm³/mol. The van der Waals surface area contributed by atoms with Gasteiger partial charge >= 0.3 is 17.9 Å². The van der Waals surface area contributed by atoms with Crippen molar-refractivity contribution in [1.29, 1.82) is 0 Å². The summed E-state index contributed by atoms with van der Waals surface area (Å²) in [4.78, 5) is 48.4. The number of carboxylic acids is 3. The monoisotopic (exact) mass is 444 g/mol. The molecule has 0 aliphatic heterocycles. The molecule has 0 fully saturated rings. The Morgan fingerprint density at radius 2 is 1.10 bits per heavy atom. The molecule has 8 nitrogen and oxygen atoms in total. The zero-order chi connectivity index (χ0) is 23.9. The number of hydrogen-bond donors (Lipinski definition) is 4. The fourth-order valence-corrected chi connectivity index (χ4v) is 4.06. The van der Waals surface area contributed by atoms with Crippen molar-refractivity contribution in [1.82, 2.24) is 0 Å². The van der Waals surface area contributed by atoms with Crippen LogP contribution in [0.25, 0.3) is 0 Å². The molecule has 0 aromatic rings. The van der Waals surface area contributed by atoms with Gasteiger partial charge in [0.05, 0.1) is 6.42 Å². The quantitative estimate of drug-likeness (QED) is 0.159. The van der Waals surface area contributed by atoms with Crippen LogP contribution in [0.1, 0.15) is 110 Å². The Bertz CT molecular complexity index is 588. The number of carboxylic acid groups (broad SMARTS) is 3. The zero-order valence-corrected chi connectivity index (χ0v) is 19.0. The number of aliphatic hydroxyl groups is 1. The Kier molecular flexibility index (Phi) is 14.0. The zero-order valence-electron chi connectivity index (χ0n) is 19.0. The van der Waals surface area contributed by atoms with Gasteiger partial charge in [0.25, 0.3) is 0 Å². The molecule has 0 aliphatic rings. The van der Waals surface area contributed by atoms with Crippen LogP contribution >= 0.6 is 0 Å². The van der Waals surface area contributed by atoms with Crippen LogP contribution in [0.4, 0.5) is 0 Å². The van der Waals surface area contributed by atoms with Gasteiger partial charge in [-0.25, -0.2) is 4.79 Å². The maximum absolute atomic E-state index is 13.0. The van der Waals surface area contributed by atoms with Crippen molar-refractivity contribution >= 4 is 23.7 Å². The molecule has 8 heteroatoms. The number of Topliss-reactive ketones (excluding diaryl/α,β-unsaturated/α-hetero) is 1. The molecule has 0 aromatic heterocycles. The molecule has 0 spiro atoms. The van der Waals surface area contributed by atoms with E-state index in [0.29, 0.717) is 19.3 Å². The number of aliphatic carboxylic acids is 3. The lowest BCUT2D eigenvalue weighted by atomic mass is 9.63. The molecule has 0 aliphatic carbocycles. The van der Waals surface area contributed by atoms with Gasteiger partial charge in [0, 0.05) is 6.42 Å². The van der Waals surface area contributed by atoms with Crippen molar-refractivity contribution in [2.45, 2.75) is 116 Å². The van der Waals surface area contributed by atoms with Crippen LogP contribution in [-0.4, -0.2) is 49.7 Å². The first-order valence-corrected chi connectivity index (χ1v) is 11.5. The fraction of sp³-hybridized carbons (Fsp3) is 0.826. The van der Waals surface area contributed by atoms with E-state index in [1.165, 1.54) is 12.8 Å². The summed E-state index contributed by atoms with van der Waals surface area (Å²) in [5.41, 5.74) is -5.90. The van der Waals surface area contributed by atoms with E-state index < -0.39 is 47.5 Å². The molecule has 2 atom stereocenters. The summed E-state index contributed by atoms with van der Waals surface area (Å²) in [5, 5.41) is 39.5. The van der Waals surface area contributed by atoms with E-state index >= 15 is 0 Å². The van der Waals surface area contributed by atoms with Gasteiger partial charge in [-0.2, -0.15) is 0 Å². The van der Waals surface area contributed by atoms with Crippen molar-refractivity contribution in [3.63, 3.8) is 0 Å². The molecule has 0 aromatic carbocycles. The highest BCUT2D eigenvalue weighted by Crippen LogP contribution is 2.42. The van der Waals surface area contributed by atoms with Crippen LogP contribution in [-0.2, 0) is 19.2 Å². The van der Waals surface area contributed by atoms with Gasteiger partial charge in [-0.1, -0.05) is 84.5 Å². The maximum atomic E-state index is 13.0. The molecule has 0 rings (SSSR count). The highest BCUT2D eigenvalue weighted by Gasteiger charge is 2.65. The predicted octanol–water partition coefficient (Wildman–Crippen LogP) is 4.42. The summed E-state index contributed by atoms with van der Waals surface area (Å²) >= 11 is 0. The van der Waals surface area contributed by atoms with Gasteiger partial charge in [-0.05, 0) is 12.8 Å². The minimum atomic E-state index is -3.21. The molecule has 0 heterocycles. The molecule has 31 heavy (non-hydrogen) atoms. The van der Waals surface area contributed by atoms with Crippen molar-refractivity contribution in [2.24, 2.45) is 5.41 Å². The van der Waals surface area contributed by atoms with Gasteiger partial charge in [0.2, 0.25) is 0 Å². The second-order valence-corrected chi connectivity index (χ2v) is 8.41. The van der Waals surface area contributed by atoms with E-state index in [2.05, 4.69) is 6.92 Å². The summed E-state index contributed by atoms with van der Waals surface area (Å²) in [6, 6.07) is 0. The van der Waals surface area contributed by atoms with E-state index in [9.17, 15) is 34.5 Å². The Morgan fingerprint density at radius 1 is 0.645 bits per heavy atom. The van der Waals surface area contributed by atoms with Gasteiger partial charge < -0.3 is 20.4 Å². The normalized spacial score (nSPS) is 15.1. The Hall–Kier alpha value is -1.96. The van der Waals surface area contributed by atoms with Crippen LogP contribution in [0.15, 0.2) is 0 Å². The van der Waals surface area contributed by atoms with E-state index in [1.807, 2.05) is 6.92 Å². The van der Waals surface area contributed by atoms with Gasteiger partial charge in [0.1, 0.15) is 0 Å². The van der Waals surface area contributed by atoms with E-state index in [1.54, 1.807) is 0 Å². The molecular weight excluding hydrogens is 404 g/mol. The SMILES string of the molecule is CCCCCCCCCCCC(C(=O)O)(C(=O)CCCCC)C(O)(CC(=O)O)C(=O)O. The summed E-state index contributed by atoms with van der Waals surface area (Å²) in [6.45, 7) is 4.04. The van der Waals surface area contributed by atoms with Crippen molar-refractivity contribution in [3.05, 3.63) is 0 Å². The highest BCUT2D eigenvalue weighted by atomic mass is 16.4. The molecule has 180 valence electrons. The third-order valence-corrected chi connectivity index (χ3v) is 5.97. The van der Waals surface area contributed by atoms with Crippen LogP contribution < -0.4 is 0 Å². The van der Waals surface area contributed by atoms with E-state index in [0.717, 1.165) is 38.5 Å². The second kappa shape index (κ2) is 14.9. The van der Waals surface area contributed by atoms with Crippen molar-refractivity contribution in [3.8, 4) is 0 Å². The molecular formula is C23H40O8. The topological polar surface area (TPSA) is 149 Å². The number of carbonyl (C=O) groups is 4. The highest BCUT2D eigenvalue weighted by molar-refractivity contribution is 6.09. The van der Waals surface area contributed by atoms with Gasteiger partial charge in [0.15, 0.2) is 16.8 Å². The second-order valence-electron chi connectivity index (χ2n) is 8.41. The minimum absolute atomic E-state index is 0.215. The molecule has 0 bridgehead atoms. The maximum Gasteiger partial charge on any atom is 0.338 e. The molecule has 0 amide bonds. The van der Waals surface area contributed by atoms with Crippen molar-refractivity contribution < 1.29 is 39.6 Å². The smallest absolute Gasteiger partial charge is 0.338 e. The van der Waals surface area contributed by atoms with Gasteiger partial charge in [-0.15, -0.1) is 0 Å². The lowest BCUT2D eigenvalue weighted by Gasteiger charge is -2.39. The average molecular weight is 445 g/mol. The largest absolute Gasteiger partial charge is 0.481 e. The summed E-state index contributed by atoms with van der Waals surface area (Å²) < 4.78 is 0. The first-order valence-electron chi connectivity index (χ1n) is 11.5. The first kappa shape index (κ1) is 29.0. The summed E-state index contributed by atoms with van der Waals surface area (Å²) in [5.74, 6) is -6.38. The molecule has 0 saturated heterocycles. The number of hydrogen-bond acceptors (Lipinski definition) is 5. The first-order chi connectivity index (χ1) is 14.6. The fourth-order valence-electron chi connectivity index (χ4n) is 4.06. The number of ketones is 1. The van der Waals surface area contributed by atoms with Crippen molar-refractivity contribution in [2.75, 3.05) is 0 Å². The number of unbranched alkanes of at least 4 members (excludes halogenated alkanes) is 10. The van der Waals surface area contributed by atoms with E-state index in [-0.39, 0.29) is 12.8 Å². The molecule has 2 unspecified atom stereocenters. The van der Waals surface area contributed by atoms with E-state index in [4.69, 9.17) is 5.11 Å².